The lowest BCUT2D eigenvalue weighted by Gasteiger charge is -2.19. The minimum atomic E-state index is -1.09. The van der Waals surface area contributed by atoms with Gasteiger partial charge in [0.15, 0.2) is 0 Å². The largest absolute Gasteiger partial charge is 0.417 e. The summed E-state index contributed by atoms with van der Waals surface area (Å²) in [6.45, 7) is 0. The predicted molar refractivity (Wildman–Crippen MR) is 73.8 cm³/mol. The van der Waals surface area contributed by atoms with Gasteiger partial charge in [-0.2, -0.15) is 0 Å². The van der Waals surface area contributed by atoms with Crippen LogP contribution in [-0.4, -0.2) is 9.50 Å². The molecule has 1 rings (SSSR count). The molecule has 6 heteroatoms. The van der Waals surface area contributed by atoms with E-state index in [2.05, 4.69) is 12.2 Å². The molecule has 0 aliphatic heterocycles. The normalized spacial score (nSPS) is 12.9. The Labute approximate surface area is 102 Å². The molecule has 1 atom stereocenters. The molecule has 0 aliphatic carbocycles. The highest BCUT2D eigenvalue weighted by atomic mass is 32.2. The molecule has 0 saturated heterocycles. The number of benzene rings is 1. The summed E-state index contributed by atoms with van der Waals surface area (Å²) in [4.78, 5) is 0. The third-order valence-corrected chi connectivity index (χ3v) is 3.99. The smallest absolute Gasteiger partial charge is 0.264 e. The fourth-order valence-electron chi connectivity index (χ4n) is 1.01. The summed E-state index contributed by atoms with van der Waals surface area (Å²) >= 11 is 8.47. The molecule has 0 bridgehead atoms. The first-order valence-electron chi connectivity index (χ1n) is 4.18. The molecule has 0 aliphatic rings. The van der Waals surface area contributed by atoms with Crippen molar-refractivity contribution in [3.63, 3.8) is 0 Å². The molecular weight excluding hydrogens is 248 g/mol. The van der Waals surface area contributed by atoms with E-state index in [0.717, 1.165) is 5.56 Å². The van der Waals surface area contributed by atoms with Crippen LogP contribution in [0.25, 0.3) is 0 Å². The van der Waals surface area contributed by atoms with Crippen molar-refractivity contribution >= 4 is 45.1 Å². The van der Waals surface area contributed by atoms with Crippen LogP contribution < -0.4 is 11.5 Å². The Morgan fingerprint density at radius 3 is 2.27 bits per heavy atom. The zero-order chi connectivity index (χ0) is 11.3. The van der Waals surface area contributed by atoms with Gasteiger partial charge in [-0.3, -0.25) is 0 Å². The molecule has 0 spiro atoms. The number of nitrogens with two attached hydrogens (primary N) is 2. The molecule has 0 amide bonds. The molecule has 15 heavy (non-hydrogen) atoms. The van der Waals surface area contributed by atoms with Crippen LogP contribution in [0.2, 0.25) is 0 Å². The van der Waals surface area contributed by atoms with E-state index in [1.54, 1.807) is 0 Å². The van der Waals surface area contributed by atoms with E-state index in [1.165, 1.54) is 0 Å². The second-order valence-electron chi connectivity index (χ2n) is 2.77. The first-order valence-corrected chi connectivity index (χ1v) is 6.44. The van der Waals surface area contributed by atoms with Gasteiger partial charge < -0.3 is 15.7 Å². The summed E-state index contributed by atoms with van der Waals surface area (Å²) in [6.07, 6.45) is 0. The van der Waals surface area contributed by atoms with E-state index in [1.807, 2.05) is 30.3 Å². The standard InChI is InChI=1S/C9H12N2OS3/c10-8(13)12-15(9(11)14)6-7-4-2-1-3-5-7/h1-5,15H,6H2,(H2,10,13)(H2,11,14). The van der Waals surface area contributed by atoms with Crippen molar-refractivity contribution in [2.75, 3.05) is 0 Å². The Morgan fingerprint density at radius 2 is 1.80 bits per heavy atom. The highest BCUT2D eigenvalue weighted by molar-refractivity contribution is 8.32. The molecule has 4 N–H and O–H groups in total. The number of hydrogen-bond acceptors (Lipinski definition) is 3. The van der Waals surface area contributed by atoms with E-state index in [9.17, 15) is 0 Å². The molecule has 0 radical (unpaired) electrons. The van der Waals surface area contributed by atoms with Crippen molar-refractivity contribution in [3.8, 4) is 0 Å². The van der Waals surface area contributed by atoms with Crippen molar-refractivity contribution < 1.29 is 4.18 Å². The van der Waals surface area contributed by atoms with Crippen LogP contribution in [0.4, 0.5) is 0 Å². The summed E-state index contributed by atoms with van der Waals surface area (Å²) in [5.74, 6) is 0.642. The first-order chi connectivity index (χ1) is 7.09. The van der Waals surface area contributed by atoms with Gasteiger partial charge in [0.2, 0.25) is 0 Å². The molecule has 0 aromatic heterocycles. The SMILES string of the molecule is NC(=S)O[SH](Cc1ccccc1)C(N)=S. The van der Waals surface area contributed by atoms with Crippen LogP contribution in [-0.2, 0) is 9.94 Å². The van der Waals surface area contributed by atoms with Crippen LogP contribution in [0.3, 0.4) is 0 Å². The maximum Gasteiger partial charge on any atom is 0.264 e. The minimum absolute atomic E-state index is 0.00941. The zero-order valence-electron chi connectivity index (χ0n) is 7.92. The molecule has 1 aromatic rings. The van der Waals surface area contributed by atoms with Crippen LogP contribution in [0.15, 0.2) is 30.3 Å². The first kappa shape index (κ1) is 12.2. The van der Waals surface area contributed by atoms with Crippen molar-refractivity contribution in [2.24, 2.45) is 11.5 Å². The van der Waals surface area contributed by atoms with Crippen molar-refractivity contribution in [1.82, 2.24) is 0 Å². The molecule has 1 aromatic carbocycles. The van der Waals surface area contributed by atoms with Gasteiger partial charge in [-0.15, -0.1) is 0 Å². The van der Waals surface area contributed by atoms with E-state index in [0.29, 0.717) is 10.1 Å². The molecule has 0 heterocycles. The lowest BCUT2D eigenvalue weighted by Crippen LogP contribution is -2.18. The predicted octanol–water partition coefficient (Wildman–Crippen LogP) is 1.61. The van der Waals surface area contributed by atoms with Gasteiger partial charge in [-0.25, -0.2) is 0 Å². The van der Waals surface area contributed by atoms with Gasteiger partial charge in [0.1, 0.15) is 4.32 Å². The molecule has 82 valence electrons. The summed E-state index contributed by atoms with van der Waals surface area (Å²) in [7, 11) is 0. The Bertz CT molecular complexity index is 356. The van der Waals surface area contributed by atoms with Crippen molar-refractivity contribution in [3.05, 3.63) is 35.9 Å². The third-order valence-electron chi connectivity index (χ3n) is 1.61. The van der Waals surface area contributed by atoms with Gasteiger partial charge in [0.05, 0.1) is 0 Å². The lowest BCUT2D eigenvalue weighted by atomic mass is 10.2. The Hall–Kier alpha value is -0.850. The Morgan fingerprint density at radius 1 is 1.20 bits per heavy atom. The van der Waals surface area contributed by atoms with Crippen LogP contribution in [0.1, 0.15) is 5.56 Å². The molecule has 0 saturated carbocycles. The highest BCUT2D eigenvalue weighted by Crippen LogP contribution is 2.31. The van der Waals surface area contributed by atoms with E-state index in [4.69, 9.17) is 27.9 Å². The molecule has 0 fully saturated rings. The van der Waals surface area contributed by atoms with Gasteiger partial charge in [-0.1, -0.05) is 42.5 Å². The summed E-state index contributed by atoms with van der Waals surface area (Å²) in [6, 6.07) is 9.81. The van der Waals surface area contributed by atoms with Gasteiger partial charge in [0.25, 0.3) is 5.17 Å². The van der Waals surface area contributed by atoms with Gasteiger partial charge >= 0.3 is 0 Å². The maximum absolute atomic E-state index is 5.55. The number of rotatable bonds is 2. The van der Waals surface area contributed by atoms with Crippen molar-refractivity contribution in [1.29, 1.82) is 0 Å². The van der Waals surface area contributed by atoms with E-state index < -0.39 is 11.2 Å². The number of thiocarbonyl (C=S) groups is 2. The van der Waals surface area contributed by atoms with Crippen LogP contribution >= 0.6 is 35.6 Å². The topological polar surface area (TPSA) is 61.3 Å². The Balaban J connectivity index is 2.67. The average Bonchev–Trinajstić information content (AvgIpc) is 2.17. The van der Waals surface area contributed by atoms with E-state index >= 15 is 0 Å². The minimum Gasteiger partial charge on any atom is -0.417 e. The molecular formula is C9H12N2OS3. The molecule has 3 nitrogen and oxygen atoms in total. The van der Waals surface area contributed by atoms with Gasteiger partial charge in [-0.05, 0) is 29.0 Å². The van der Waals surface area contributed by atoms with Crippen molar-refractivity contribution in [2.45, 2.75) is 5.75 Å². The fourth-order valence-corrected chi connectivity index (χ4v) is 2.66. The summed E-state index contributed by atoms with van der Waals surface area (Å²) < 4.78 is 5.54. The fraction of sp³-hybridized carbons (Fsp3) is 0.111. The zero-order valence-corrected chi connectivity index (χ0v) is 10.4. The second-order valence-corrected chi connectivity index (χ2v) is 5.65. The number of hydrogen-bond donors (Lipinski definition) is 3. The van der Waals surface area contributed by atoms with E-state index in [-0.39, 0.29) is 5.17 Å². The third kappa shape index (κ3) is 4.46. The summed E-state index contributed by atoms with van der Waals surface area (Å²) in [5, 5.41) is -0.00941. The van der Waals surface area contributed by atoms with Crippen LogP contribution in [0.5, 0.6) is 0 Å². The monoisotopic (exact) mass is 260 g/mol. The van der Waals surface area contributed by atoms with Gasteiger partial charge in [0, 0.05) is 5.75 Å². The highest BCUT2D eigenvalue weighted by Gasteiger charge is 2.10. The number of thiol groups is 1. The Kier molecular flexibility index (Phi) is 4.80. The maximum atomic E-state index is 5.55. The average molecular weight is 260 g/mol. The second kappa shape index (κ2) is 5.89. The summed E-state index contributed by atoms with van der Waals surface area (Å²) in [5.41, 5.74) is 12.0. The quantitative estimate of drug-likeness (QED) is 0.557. The molecule has 1 unspecified atom stereocenters. The van der Waals surface area contributed by atoms with Crippen LogP contribution in [0, 0.1) is 0 Å². The lowest BCUT2D eigenvalue weighted by molar-refractivity contribution is 0.646.